The van der Waals surface area contributed by atoms with Crippen molar-refractivity contribution in [3.63, 3.8) is 0 Å². The van der Waals surface area contributed by atoms with Gasteiger partial charge in [0, 0.05) is 32.1 Å². The first-order valence-electron chi connectivity index (χ1n) is 4.98. The average molecular weight is 197 g/mol. The van der Waals surface area contributed by atoms with Crippen LogP contribution in [0.3, 0.4) is 0 Å². The predicted octanol–water partition coefficient (Wildman–Crippen LogP) is -1.32. The summed E-state index contributed by atoms with van der Waals surface area (Å²) >= 11 is 0. The Morgan fingerprint density at radius 3 is 2.86 bits per heavy atom. The first kappa shape index (κ1) is 9.45. The van der Waals surface area contributed by atoms with Crippen molar-refractivity contribution in [3.8, 4) is 0 Å². The number of amides is 2. The molecule has 78 valence electrons. The fraction of sp³-hybridized carbons (Fsp3) is 0.778. The van der Waals surface area contributed by atoms with Gasteiger partial charge in [-0.15, -0.1) is 0 Å². The molecule has 2 amide bonds. The largest absolute Gasteiger partial charge is 0.355 e. The van der Waals surface area contributed by atoms with Crippen LogP contribution in [0.15, 0.2) is 0 Å². The first-order valence-corrected chi connectivity index (χ1v) is 4.98. The van der Waals surface area contributed by atoms with E-state index in [1.54, 1.807) is 4.90 Å². The maximum Gasteiger partial charge on any atom is 0.228 e. The number of hydrogen-bond donors (Lipinski definition) is 2. The molecular formula is C9H15N3O2. The Kier molecular flexibility index (Phi) is 2.41. The van der Waals surface area contributed by atoms with Crippen molar-refractivity contribution in [3.05, 3.63) is 0 Å². The summed E-state index contributed by atoms with van der Waals surface area (Å²) < 4.78 is 0. The minimum Gasteiger partial charge on any atom is -0.355 e. The molecule has 2 fully saturated rings. The Balaban J connectivity index is 1.92. The molecule has 2 atom stereocenters. The van der Waals surface area contributed by atoms with Gasteiger partial charge >= 0.3 is 0 Å². The van der Waals surface area contributed by atoms with E-state index in [0.717, 1.165) is 13.0 Å². The normalized spacial score (nSPS) is 32.1. The molecule has 2 aliphatic rings. The van der Waals surface area contributed by atoms with Gasteiger partial charge in [-0.25, -0.2) is 0 Å². The van der Waals surface area contributed by atoms with Crippen LogP contribution in [0.2, 0.25) is 0 Å². The molecule has 5 nitrogen and oxygen atoms in total. The zero-order valence-electron chi connectivity index (χ0n) is 8.03. The number of nitrogens with two attached hydrogens (primary N) is 1. The lowest BCUT2D eigenvalue weighted by Crippen LogP contribution is -2.37. The lowest BCUT2D eigenvalue weighted by atomic mass is 10.1. The highest BCUT2D eigenvalue weighted by atomic mass is 16.2. The van der Waals surface area contributed by atoms with Crippen LogP contribution in [-0.2, 0) is 9.59 Å². The fourth-order valence-electron chi connectivity index (χ4n) is 2.03. The van der Waals surface area contributed by atoms with Crippen LogP contribution in [0.25, 0.3) is 0 Å². The van der Waals surface area contributed by atoms with E-state index in [-0.39, 0.29) is 23.8 Å². The number of likely N-dealkylation sites (tertiary alicyclic amines) is 1. The Hall–Kier alpha value is -1.10. The summed E-state index contributed by atoms with van der Waals surface area (Å²) in [5.74, 6) is -0.101. The molecule has 0 saturated carbocycles. The topological polar surface area (TPSA) is 75.4 Å². The summed E-state index contributed by atoms with van der Waals surface area (Å²) in [6.45, 7) is 1.87. The fourth-order valence-corrected chi connectivity index (χ4v) is 2.03. The highest BCUT2D eigenvalue weighted by Gasteiger charge is 2.33. The van der Waals surface area contributed by atoms with Gasteiger partial charge in [0.25, 0.3) is 0 Å². The van der Waals surface area contributed by atoms with Gasteiger partial charge < -0.3 is 16.0 Å². The summed E-state index contributed by atoms with van der Waals surface area (Å²) in [5, 5.41) is 2.67. The number of carbonyl (C=O) groups excluding carboxylic acids is 2. The molecule has 5 heteroatoms. The maximum absolute atomic E-state index is 11.8. The zero-order valence-corrected chi connectivity index (χ0v) is 8.03. The molecule has 2 saturated heterocycles. The molecule has 0 aromatic rings. The van der Waals surface area contributed by atoms with Crippen molar-refractivity contribution in [1.29, 1.82) is 0 Å². The van der Waals surface area contributed by atoms with Crippen LogP contribution in [0.5, 0.6) is 0 Å². The van der Waals surface area contributed by atoms with Gasteiger partial charge in [0.2, 0.25) is 11.8 Å². The van der Waals surface area contributed by atoms with Gasteiger partial charge in [0.15, 0.2) is 0 Å². The molecule has 0 spiro atoms. The van der Waals surface area contributed by atoms with Crippen LogP contribution >= 0.6 is 0 Å². The smallest absolute Gasteiger partial charge is 0.228 e. The molecule has 0 radical (unpaired) electrons. The van der Waals surface area contributed by atoms with E-state index >= 15 is 0 Å². The van der Waals surface area contributed by atoms with Crippen molar-refractivity contribution >= 4 is 11.8 Å². The van der Waals surface area contributed by atoms with Gasteiger partial charge in [-0.2, -0.15) is 0 Å². The third-order valence-corrected chi connectivity index (χ3v) is 2.86. The third kappa shape index (κ3) is 1.72. The second kappa shape index (κ2) is 3.57. The minimum absolute atomic E-state index is 0.0214. The van der Waals surface area contributed by atoms with Gasteiger partial charge in [0.1, 0.15) is 0 Å². The van der Waals surface area contributed by atoms with Gasteiger partial charge in [-0.3, -0.25) is 9.59 Å². The summed E-state index contributed by atoms with van der Waals surface area (Å²) in [6, 6.07) is 0.115. The van der Waals surface area contributed by atoms with Crippen molar-refractivity contribution in [2.45, 2.75) is 18.9 Å². The molecule has 0 aromatic heterocycles. The van der Waals surface area contributed by atoms with Crippen LogP contribution in [-0.4, -0.2) is 42.4 Å². The van der Waals surface area contributed by atoms with Crippen molar-refractivity contribution in [2.75, 3.05) is 19.6 Å². The Labute approximate surface area is 82.6 Å². The molecule has 0 aliphatic carbocycles. The number of hydrogen-bond acceptors (Lipinski definition) is 3. The first-order chi connectivity index (χ1) is 6.66. The van der Waals surface area contributed by atoms with Crippen molar-refractivity contribution in [1.82, 2.24) is 10.2 Å². The molecule has 14 heavy (non-hydrogen) atoms. The van der Waals surface area contributed by atoms with Crippen LogP contribution in [0, 0.1) is 5.92 Å². The van der Waals surface area contributed by atoms with Crippen molar-refractivity contribution < 1.29 is 9.59 Å². The van der Waals surface area contributed by atoms with Crippen molar-refractivity contribution in [2.24, 2.45) is 11.7 Å². The molecule has 0 aromatic carbocycles. The van der Waals surface area contributed by atoms with E-state index in [1.807, 2.05) is 0 Å². The molecule has 2 heterocycles. The molecule has 2 rings (SSSR count). The van der Waals surface area contributed by atoms with E-state index < -0.39 is 0 Å². The maximum atomic E-state index is 11.8. The Morgan fingerprint density at radius 2 is 2.36 bits per heavy atom. The monoisotopic (exact) mass is 197 g/mol. The number of nitrogens with one attached hydrogen (secondary N) is 1. The number of carbonyl (C=O) groups is 2. The van der Waals surface area contributed by atoms with Crippen LogP contribution in [0.4, 0.5) is 0 Å². The van der Waals surface area contributed by atoms with Crippen LogP contribution in [0.1, 0.15) is 12.8 Å². The van der Waals surface area contributed by atoms with E-state index in [4.69, 9.17) is 5.73 Å². The lowest BCUT2D eigenvalue weighted by Gasteiger charge is -2.18. The molecule has 3 N–H and O–H groups in total. The lowest BCUT2D eigenvalue weighted by molar-refractivity contribution is -0.134. The van der Waals surface area contributed by atoms with Crippen LogP contribution < -0.4 is 11.1 Å². The van der Waals surface area contributed by atoms with Gasteiger partial charge in [-0.05, 0) is 6.42 Å². The Morgan fingerprint density at radius 1 is 1.57 bits per heavy atom. The van der Waals surface area contributed by atoms with Gasteiger partial charge in [-0.1, -0.05) is 0 Å². The van der Waals surface area contributed by atoms with E-state index in [0.29, 0.717) is 19.5 Å². The standard InChI is InChI=1S/C9H15N3O2/c10-7-1-2-12(5-7)9(14)6-3-8(13)11-4-6/h6-7H,1-5,10H2,(H,11,13)/t6?,7-/m0/s1. The zero-order chi connectivity index (χ0) is 10.1. The number of rotatable bonds is 1. The summed E-state index contributed by atoms with van der Waals surface area (Å²) in [5.41, 5.74) is 5.71. The van der Waals surface area contributed by atoms with E-state index in [9.17, 15) is 9.59 Å². The molecule has 1 unspecified atom stereocenters. The molecular weight excluding hydrogens is 182 g/mol. The third-order valence-electron chi connectivity index (χ3n) is 2.86. The highest BCUT2D eigenvalue weighted by molar-refractivity contribution is 5.89. The average Bonchev–Trinajstić information content (AvgIpc) is 2.73. The second-order valence-corrected chi connectivity index (χ2v) is 4.04. The number of nitrogens with zero attached hydrogens (tertiary/aromatic N) is 1. The predicted molar refractivity (Wildman–Crippen MR) is 50.3 cm³/mol. The molecule has 2 aliphatic heterocycles. The van der Waals surface area contributed by atoms with E-state index in [1.165, 1.54) is 0 Å². The quantitative estimate of drug-likeness (QED) is 0.547. The Bertz CT molecular complexity index is 267. The SMILES string of the molecule is N[C@H]1CCN(C(=O)C2CNC(=O)C2)C1. The summed E-state index contributed by atoms with van der Waals surface area (Å²) in [7, 11) is 0. The summed E-state index contributed by atoms with van der Waals surface area (Å²) in [4.78, 5) is 24.5. The minimum atomic E-state index is -0.159. The van der Waals surface area contributed by atoms with Gasteiger partial charge in [0.05, 0.1) is 5.92 Å². The highest BCUT2D eigenvalue weighted by Crippen LogP contribution is 2.16. The second-order valence-electron chi connectivity index (χ2n) is 4.04. The van der Waals surface area contributed by atoms with E-state index in [2.05, 4.69) is 5.32 Å². The molecule has 0 bridgehead atoms. The summed E-state index contributed by atoms with van der Waals surface area (Å²) in [6.07, 6.45) is 1.21.